The molecule has 0 aliphatic rings. The number of benzene rings is 2. The maximum atomic E-state index is 12.6. The zero-order chi connectivity index (χ0) is 23.5. The van der Waals surface area contributed by atoms with Crippen molar-refractivity contribution in [3.8, 4) is 32.8 Å². The molecule has 0 bridgehead atoms. The van der Waals surface area contributed by atoms with Crippen molar-refractivity contribution in [3.05, 3.63) is 76.4 Å². The fraction of sp³-hybridized carbons (Fsp3) is 0.167. The van der Waals surface area contributed by atoms with Gasteiger partial charge in [0.1, 0.15) is 17.5 Å². The Morgan fingerprint density at radius 3 is 2.52 bits per heavy atom. The first-order valence-electron chi connectivity index (χ1n) is 10.1. The van der Waals surface area contributed by atoms with Gasteiger partial charge in [-0.3, -0.25) is 4.79 Å². The minimum atomic E-state index is -0.620. The summed E-state index contributed by atoms with van der Waals surface area (Å²) >= 11 is 7.16. The van der Waals surface area contributed by atoms with Crippen molar-refractivity contribution >= 4 is 28.8 Å². The number of para-hydroxylation sites is 1. The predicted molar refractivity (Wildman–Crippen MR) is 129 cm³/mol. The Hall–Kier alpha value is -3.49. The summed E-state index contributed by atoms with van der Waals surface area (Å²) < 4.78 is 11.5. The van der Waals surface area contributed by atoms with Crippen LogP contribution in [0, 0.1) is 6.92 Å². The molecule has 168 valence electrons. The molecule has 0 fully saturated rings. The lowest BCUT2D eigenvalue weighted by molar-refractivity contribution is 0.100. The normalized spacial score (nSPS) is 11.8. The molecule has 33 heavy (non-hydrogen) atoms. The lowest BCUT2D eigenvalue weighted by Crippen LogP contribution is -2.15. The third-order valence-corrected chi connectivity index (χ3v) is 6.09. The van der Waals surface area contributed by atoms with Crippen LogP contribution in [0.25, 0.3) is 21.8 Å². The molecule has 2 aromatic heterocycles. The lowest BCUT2D eigenvalue weighted by Gasteiger charge is -2.14. The summed E-state index contributed by atoms with van der Waals surface area (Å²) in [7, 11) is 1.58. The lowest BCUT2D eigenvalue weighted by atomic mass is 9.96. The smallest absolute Gasteiger partial charge is 0.295 e. The third kappa shape index (κ3) is 4.81. The molecule has 0 aliphatic heterocycles. The van der Waals surface area contributed by atoms with Crippen LogP contribution in [0.1, 0.15) is 34.6 Å². The van der Waals surface area contributed by atoms with E-state index in [4.69, 9.17) is 26.8 Å². The molecule has 2 N–H and O–H groups in total. The number of nitrogens with zero attached hydrogens (tertiary/aromatic N) is 3. The highest BCUT2D eigenvalue weighted by Crippen LogP contribution is 2.38. The number of hydrogen-bond donors (Lipinski definition) is 1. The van der Waals surface area contributed by atoms with Crippen LogP contribution < -0.4 is 15.2 Å². The SMILES string of the molecule is COc1ccccc1-c1cc(C)nc(-c2nnc(O[C@@H](C)c3ccc(Cl)cc3)s2)c1C(N)=O. The molecule has 1 atom stereocenters. The number of carbonyl (C=O) groups excluding carboxylic acids is 1. The third-order valence-electron chi connectivity index (χ3n) is 5.02. The van der Waals surface area contributed by atoms with Crippen LogP contribution in [0.4, 0.5) is 0 Å². The number of aromatic nitrogens is 3. The second-order valence-corrected chi connectivity index (χ2v) is 8.66. The number of hydrogen-bond acceptors (Lipinski definition) is 7. The average Bonchev–Trinajstić information content (AvgIpc) is 3.27. The first-order chi connectivity index (χ1) is 15.9. The van der Waals surface area contributed by atoms with Gasteiger partial charge < -0.3 is 15.2 Å². The van der Waals surface area contributed by atoms with Crippen LogP contribution in [-0.2, 0) is 0 Å². The molecule has 0 unspecified atom stereocenters. The van der Waals surface area contributed by atoms with Crippen LogP contribution in [0.2, 0.25) is 5.02 Å². The zero-order valence-corrected chi connectivity index (χ0v) is 19.8. The minimum absolute atomic E-state index is 0.249. The van der Waals surface area contributed by atoms with Crippen molar-refractivity contribution in [1.29, 1.82) is 0 Å². The summed E-state index contributed by atoms with van der Waals surface area (Å²) in [5, 5.41) is 9.81. The number of ether oxygens (including phenoxy) is 2. The zero-order valence-electron chi connectivity index (χ0n) is 18.2. The molecule has 4 aromatic rings. The monoisotopic (exact) mass is 480 g/mol. The number of methoxy groups -OCH3 is 1. The van der Waals surface area contributed by atoms with Crippen LogP contribution in [0.5, 0.6) is 10.9 Å². The number of rotatable bonds is 7. The molecule has 0 saturated heterocycles. The van der Waals surface area contributed by atoms with Gasteiger partial charge in [-0.05, 0) is 43.7 Å². The summed E-state index contributed by atoms with van der Waals surface area (Å²) in [6.07, 6.45) is -0.270. The Balaban J connectivity index is 1.74. The molecule has 0 radical (unpaired) electrons. The highest BCUT2D eigenvalue weighted by molar-refractivity contribution is 7.16. The first kappa shape index (κ1) is 22.7. The van der Waals surface area contributed by atoms with Crippen molar-refractivity contribution in [2.75, 3.05) is 7.11 Å². The maximum absolute atomic E-state index is 12.6. The number of amides is 1. The van der Waals surface area contributed by atoms with Crippen LogP contribution in [-0.4, -0.2) is 28.2 Å². The molecule has 0 spiro atoms. The largest absolute Gasteiger partial charge is 0.496 e. The van der Waals surface area contributed by atoms with E-state index in [0.717, 1.165) is 11.1 Å². The van der Waals surface area contributed by atoms with Gasteiger partial charge in [-0.2, -0.15) is 0 Å². The van der Waals surface area contributed by atoms with E-state index in [-0.39, 0.29) is 11.7 Å². The Morgan fingerprint density at radius 2 is 1.82 bits per heavy atom. The number of aryl methyl sites for hydroxylation is 1. The maximum Gasteiger partial charge on any atom is 0.295 e. The number of carbonyl (C=O) groups is 1. The molecule has 4 rings (SSSR count). The fourth-order valence-corrected chi connectivity index (χ4v) is 4.35. The average molecular weight is 481 g/mol. The highest BCUT2D eigenvalue weighted by atomic mass is 35.5. The van der Waals surface area contributed by atoms with E-state index in [1.54, 1.807) is 19.2 Å². The van der Waals surface area contributed by atoms with Crippen molar-refractivity contribution < 1.29 is 14.3 Å². The summed E-state index contributed by atoms with van der Waals surface area (Å²) in [4.78, 5) is 17.1. The van der Waals surface area contributed by atoms with Gasteiger partial charge in [0.25, 0.3) is 11.1 Å². The van der Waals surface area contributed by atoms with E-state index in [9.17, 15) is 4.79 Å². The van der Waals surface area contributed by atoms with Gasteiger partial charge in [0.2, 0.25) is 0 Å². The van der Waals surface area contributed by atoms with Gasteiger partial charge in [0.15, 0.2) is 5.01 Å². The standard InChI is InChI=1S/C24H21ClN4O3S/c1-13-12-18(17-6-4-5-7-19(17)31-3)20(22(26)30)21(27-13)23-28-29-24(33-23)32-14(2)15-8-10-16(25)11-9-15/h4-12,14H,1-3H3,(H2,26,30)/t14-/m0/s1. The van der Waals surface area contributed by atoms with E-state index < -0.39 is 5.91 Å². The van der Waals surface area contributed by atoms with E-state index in [2.05, 4.69) is 15.2 Å². The van der Waals surface area contributed by atoms with Gasteiger partial charge >= 0.3 is 0 Å². The van der Waals surface area contributed by atoms with E-state index >= 15 is 0 Å². The molecule has 2 heterocycles. The molecule has 9 heteroatoms. The Bertz CT molecular complexity index is 1310. The van der Waals surface area contributed by atoms with E-state index in [0.29, 0.717) is 37.9 Å². The van der Waals surface area contributed by atoms with Gasteiger partial charge in [-0.1, -0.05) is 58.4 Å². The Kier molecular flexibility index (Phi) is 6.57. The molecule has 1 amide bonds. The number of halogens is 1. The summed E-state index contributed by atoms with van der Waals surface area (Å²) in [6.45, 7) is 3.75. The number of pyridine rings is 1. The van der Waals surface area contributed by atoms with Crippen molar-refractivity contribution in [3.63, 3.8) is 0 Å². The van der Waals surface area contributed by atoms with Crippen LogP contribution in [0.3, 0.4) is 0 Å². The van der Waals surface area contributed by atoms with E-state index in [1.807, 2.05) is 56.3 Å². The van der Waals surface area contributed by atoms with Crippen molar-refractivity contribution in [2.24, 2.45) is 5.73 Å². The molecule has 0 aliphatic carbocycles. The molecule has 7 nitrogen and oxygen atoms in total. The highest BCUT2D eigenvalue weighted by Gasteiger charge is 2.24. The number of nitrogens with two attached hydrogens (primary N) is 1. The quantitative estimate of drug-likeness (QED) is 0.376. The Labute approximate surface area is 200 Å². The second kappa shape index (κ2) is 9.56. The van der Waals surface area contributed by atoms with Gasteiger partial charge in [-0.25, -0.2) is 4.98 Å². The van der Waals surface area contributed by atoms with Crippen molar-refractivity contribution in [1.82, 2.24) is 15.2 Å². The van der Waals surface area contributed by atoms with Gasteiger partial charge in [0.05, 0.1) is 12.7 Å². The minimum Gasteiger partial charge on any atom is -0.496 e. The van der Waals surface area contributed by atoms with Gasteiger partial charge in [0, 0.05) is 21.8 Å². The van der Waals surface area contributed by atoms with Crippen LogP contribution >= 0.6 is 22.9 Å². The summed E-state index contributed by atoms with van der Waals surface area (Å²) in [5.41, 5.74) is 9.40. The molecular formula is C24H21ClN4O3S. The molecular weight excluding hydrogens is 460 g/mol. The van der Waals surface area contributed by atoms with Crippen molar-refractivity contribution in [2.45, 2.75) is 20.0 Å². The van der Waals surface area contributed by atoms with E-state index in [1.165, 1.54) is 11.3 Å². The predicted octanol–water partition coefficient (Wildman–Crippen LogP) is 5.48. The van der Waals surface area contributed by atoms with Crippen LogP contribution in [0.15, 0.2) is 54.6 Å². The fourth-order valence-electron chi connectivity index (χ4n) is 3.46. The first-order valence-corrected chi connectivity index (χ1v) is 11.3. The number of primary amides is 1. The molecule has 2 aromatic carbocycles. The summed E-state index contributed by atoms with van der Waals surface area (Å²) in [6, 6.07) is 16.6. The van der Waals surface area contributed by atoms with Gasteiger partial charge in [-0.15, -0.1) is 5.10 Å². The Morgan fingerprint density at radius 1 is 1.09 bits per heavy atom. The molecule has 0 saturated carbocycles. The topological polar surface area (TPSA) is 100 Å². The second-order valence-electron chi connectivity index (χ2n) is 7.28. The summed E-state index contributed by atoms with van der Waals surface area (Å²) in [5.74, 6) is 0.000215.